The van der Waals surface area contributed by atoms with Gasteiger partial charge in [-0.05, 0) is 38.5 Å². The van der Waals surface area contributed by atoms with Gasteiger partial charge in [-0.1, -0.05) is 30.8 Å². The van der Waals surface area contributed by atoms with E-state index in [9.17, 15) is 9.90 Å². The fourth-order valence-corrected chi connectivity index (χ4v) is 3.51. The second-order valence-corrected chi connectivity index (χ2v) is 6.87. The van der Waals surface area contributed by atoms with Gasteiger partial charge < -0.3 is 14.5 Å². The van der Waals surface area contributed by atoms with E-state index < -0.39 is 6.10 Å². The van der Waals surface area contributed by atoms with Gasteiger partial charge in [0.1, 0.15) is 6.10 Å². The molecule has 0 spiro atoms. The average molecular weight is 321 g/mol. The molecule has 0 unspecified atom stereocenters. The monoisotopic (exact) mass is 321 g/mol. The fraction of sp³-hybridized carbons (Fsp3) is 0.824. The molecule has 1 amide bonds. The maximum absolute atomic E-state index is 12.6. The van der Waals surface area contributed by atoms with Gasteiger partial charge in [0.2, 0.25) is 5.89 Å². The van der Waals surface area contributed by atoms with Crippen molar-refractivity contribution in [2.24, 2.45) is 5.92 Å². The first-order chi connectivity index (χ1) is 11.2. The molecule has 1 heterocycles. The van der Waals surface area contributed by atoms with Gasteiger partial charge in [0.25, 0.3) is 5.91 Å². The molecule has 0 aliphatic heterocycles. The molecular formula is C17H27N3O3. The standard InChI is InChI=1S/C17H27N3O3/c1-2-20(17(22)15(21)12-7-4-3-5-8-12)11-14-18-16(23-19-14)13-9-6-10-13/h12-13,15,21H,2-11H2,1H3/t15-/m1/s1. The van der Waals surface area contributed by atoms with Crippen molar-refractivity contribution in [1.29, 1.82) is 0 Å². The Kier molecular flexibility index (Phi) is 5.30. The number of aliphatic hydroxyl groups excluding tert-OH is 1. The van der Waals surface area contributed by atoms with E-state index in [2.05, 4.69) is 10.1 Å². The van der Waals surface area contributed by atoms with E-state index in [1.54, 1.807) is 4.90 Å². The summed E-state index contributed by atoms with van der Waals surface area (Å²) in [6.07, 6.45) is 7.85. The van der Waals surface area contributed by atoms with Crippen LogP contribution in [0, 0.1) is 5.92 Å². The van der Waals surface area contributed by atoms with Gasteiger partial charge in [-0.2, -0.15) is 4.98 Å². The summed E-state index contributed by atoms with van der Waals surface area (Å²) in [6.45, 7) is 2.77. The first-order valence-corrected chi connectivity index (χ1v) is 8.98. The van der Waals surface area contributed by atoms with Gasteiger partial charge in [-0.15, -0.1) is 0 Å². The lowest BCUT2D eigenvalue weighted by atomic mass is 9.85. The molecule has 23 heavy (non-hydrogen) atoms. The summed E-state index contributed by atoms with van der Waals surface area (Å²) in [4.78, 5) is 18.6. The molecule has 1 atom stereocenters. The molecule has 1 N–H and O–H groups in total. The van der Waals surface area contributed by atoms with Gasteiger partial charge in [-0.25, -0.2) is 0 Å². The molecule has 2 saturated carbocycles. The summed E-state index contributed by atoms with van der Waals surface area (Å²) in [5.74, 6) is 1.53. The minimum atomic E-state index is -0.895. The minimum absolute atomic E-state index is 0.0982. The summed E-state index contributed by atoms with van der Waals surface area (Å²) in [7, 11) is 0. The van der Waals surface area contributed by atoms with Crippen LogP contribution in [-0.2, 0) is 11.3 Å². The maximum Gasteiger partial charge on any atom is 0.252 e. The van der Waals surface area contributed by atoms with Gasteiger partial charge >= 0.3 is 0 Å². The number of hydrogen-bond donors (Lipinski definition) is 1. The second-order valence-electron chi connectivity index (χ2n) is 6.87. The van der Waals surface area contributed by atoms with Crippen LogP contribution in [0.1, 0.15) is 75.9 Å². The second kappa shape index (κ2) is 7.43. The number of carbonyl (C=O) groups is 1. The highest BCUT2D eigenvalue weighted by atomic mass is 16.5. The highest BCUT2D eigenvalue weighted by Crippen LogP contribution is 2.35. The Hall–Kier alpha value is -1.43. The Morgan fingerprint density at radius 2 is 2.00 bits per heavy atom. The van der Waals surface area contributed by atoms with Crippen LogP contribution in [0.15, 0.2) is 4.52 Å². The Labute approximate surface area is 137 Å². The number of aliphatic hydroxyl groups is 1. The average Bonchev–Trinajstić information content (AvgIpc) is 2.98. The van der Waals surface area contributed by atoms with E-state index in [0.29, 0.717) is 30.7 Å². The van der Waals surface area contributed by atoms with Crippen LogP contribution < -0.4 is 0 Å². The molecule has 2 aliphatic rings. The number of nitrogens with zero attached hydrogens (tertiary/aromatic N) is 3. The quantitative estimate of drug-likeness (QED) is 0.871. The zero-order chi connectivity index (χ0) is 16.2. The predicted molar refractivity (Wildman–Crippen MR) is 84.6 cm³/mol. The Balaban J connectivity index is 1.59. The predicted octanol–water partition coefficient (Wildman–Crippen LogP) is 2.63. The lowest BCUT2D eigenvalue weighted by Gasteiger charge is -2.29. The molecule has 6 heteroatoms. The number of carbonyl (C=O) groups excluding carboxylic acids is 1. The largest absolute Gasteiger partial charge is 0.383 e. The van der Waals surface area contributed by atoms with Crippen LogP contribution in [0.2, 0.25) is 0 Å². The lowest BCUT2D eigenvalue weighted by molar-refractivity contribution is -0.144. The first kappa shape index (κ1) is 16.4. The van der Waals surface area contributed by atoms with Crippen LogP contribution >= 0.6 is 0 Å². The van der Waals surface area contributed by atoms with Crippen molar-refractivity contribution in [2.75, 3.05) is 6.54 Å². The summed E-state index contributed by atoms with van der Waals surface area (Å²) >= 11 is 0. The molecule has 2 aliphatic carbocycles. The smallest absolute Gasteiger partial charge is 0.252 e. The normalized spacial score (nSPS) is 21.0. The summed E-state index contributed by atoms with van der Waals surface area (Å²) in [6, 6.07) is 0. The van der Waals surface area contributed by atoms with E-state index in [1.807, 2.05) is 6.92 Å². The van der Waals surface area contributed by atoms with Crippen molar-refractivity contribution in [3.63, 3.8) is 0 Å². The van der Waals surface area contributed by atoms with E-state index in [-0.39, 0.29) is 11.8 Å². The number of likely N-dealkylation sites (N-methyl/N-ethyl adjacent to an activating group) is 1. The van der Waals surface area contributed by atoms with Gasteiger partial charge in [-0.3, -0.25) is 4.79 Å². The van der Waals surface area contributed by atoms with Crippen LogP contribution in [0.3, 0.4) is 0 Å². The van der Waals surface area contributed by atoms with Crippen molar-refractivity contribution in [3.05, 3.63) is 11.7 Å². The Bertz CT molecular complexity index is 521. The third-order valence-electron chi connectivity index (χ3n) is 5.31. The van der Waals surface area contributed by atoms with E-state index in [4.69, 9.17) is 4.52 Å². The molecule has 128 valence electrons. The summed E-state index contributed by atoms with van der Waals surface area (Å²) in [5.41, 5.74) is 0. The molecule has 2 fully saturated rings. The fourth-order valence-electron chi connectivity index (χ4n) is 3.51. The van der Waals surface area contributed by atoms with Crippen LogP contribution in [-0.4, -0.2) is 38.7 Å². The van der Waals surface area contributed by atoms with Crippen molar-refractivity contribution < 1.29 is 14.4 Å². The molecule has 1 aromatic heterocycles. The molecule has 0 bridgehead atoms. The zero-order valence-electron chi connectivity index (χ0n) is 13.9. The van der Waals surface area contributed by atoms with Crippen molar-refractivity contribution in [1.82, 2.24) is 15.0 Å². The van der Waals surface area contributed by atoms with Crippen molar-refractivity contribution in [3.8, 4) is 0 Å². The number of aromatic nitrogens is 2. The summed E-state index contributed by atoms with van der Waals surface area (Å²) < 4.78 is 5.31. The maximum atomic E-state index is 12.6. The van der Waals surface area contributed by atoms with E-state index in [1.165, 1.54) is 12.8 Å². The van der Waals surface area contributed by atoms with Crippen LogP contribution in [0.25, 0.3) is 0 Å². The Morgan fingerprint density at radius 3 is 2.61 bits per heavy atom. The molecule has 0 aromatic carbocycles. The molecule has 0 saturated heterocycles. The lowest BCUT2D eigenvalue weighted by Crippen LogP contribution is -2.43. The highest BCUT2D eigenvalue weighted by Gasteiger charge is 2.31. The SMILES string of the molecule is CCN(Cc1noc(C2CCC2)n1)C(=O)[C@H](O)C1CCCCC1. The highest BCUT2D eigenvalue weighted by molar-refractivity contribution is 5.80. The number of rotatable bonds is 6. The van der Waals surface area contributed by atoms with E-state index in [0.717, 1.165) is 38.5 Å². The minimum Gasteiger partial charge on any atom is -0.383 e. The third kappa shape index (κ3) is 3.74. The van der Waals surface area contributed by atoms with E-state index >= 15 is 0 Å². The molecule has 0 radical (unpaired) electrons. The topological polar surface area (TPSA) is 79.5 Å². The molecule has 1 aromatic rings. The molecule has 3 rings (SSSR count). The van der Waals surface area contributed by atoms with Crippen LogP contribution in [0.5, 0.6) is 0 Å². The van der Waals surface area contributed by atoms with Crippen LogP contribution in [0.4, 0.5) is 0 Å². The van der Waals surface area contributed by atoms with Gasteiger partial charge in [0, 0.05) is 12.5 Å². The van der Waals surface area contributed by atoms with Gasteiger partial charge in [0.05, 0.1) is 6.54 Å². The third-order valence-corrected chi connectivity index (χ3v) is 5.31. The molecule has 6 nitrogen and oxygen atoms in total. The first-order valence-electron chi connectivity index (χ1n) is 8.98. The molecular weight excluding hydrogens is 294 g/mol. The Morgan fingerprint density at radius 1 is 1.26 bits per heavy atom. The number of hydrogen-bond acceptors (Lipinski definition) is 5. The summed E-state index contributed by atoms with van der Waals surface area (Å²) in [5, 5.41) is 14.4. The zero-order valence-corrected chi connectivity index (χ0v) is 13.9. The number of amides is 1. The van der Waals surface area contributed by atoms with Gasteiger partial charge in [0.15, 0.2) is 5.82 Å². The van der Waals surface area contributed by atoms with Crippen molar-refractivity contribution in [2.45, 2.75) is 76.9 Å². The van der Waals surface area contributed by atoms with Crippen molar-refractivity contribution >= 4 is 5.91 Å².